The Morgan fingerprint density at radius 2 is 2.25 bits per heavy atom. The minimum atomic E-state index is -0.275. The van der Waals surface area contributed by atoms with Crippen molar-refractivity contribution in [3.05, 3.63) is 36.0 Å². The quantitative estimate of drug-likeness (QED) is 0.742. The Bertz CT molecular complexity index is 536. The van der Waals surface area contributed by atoms with Gasteiger partial charge in [0.25, 0.3) is 5.91 Å². The van der Waals surface area contributed by atoms with Gasteiger partial charge in [0.15, 0.2) is 5.69 Å². The average Bonchev–Trinajstić information content (AvgIpc) is 3.00. The molecule has 1 atom stereocenters. The van der Waals surface area contributed by atoms with Gasteiger partial charge >= 0.3 is 0 Å². The van der Waals surface area contributed by atoms with Crippen molar-refractivity contribution in [3.63, 3.8) is 0 Å². The SMILES string of the molecule is CCCNc1ccc(C(=O)NC(C)c2ncc[nH]2)nn1. The third-order valence-electron chi connectivity index (χ3n) is 2.73. The number of amides is 1. The number of hydrogen-bond donors (Lipinski definition) is 3. The zero-order chi connectivity index (χ0) is 14.4. The molecule has 0 saturated carbocycles. The van der Waals surface area contributed by atoms with E-state index in [0.29, 0.717) is 11.6 Å². The van der Waals surface area contributed by atoms with Gasteiger partial charge in [0.2, 0.25) is 0 Å². The Hall–Kier alpha value is -2.44. The van der Waals surface area contributed by atoms with Gasteiger partial charge in [-0.15, -0.1) is 10.2 Å². The molecular weight excluding hydrogens is 256 g/mol. The van der Waals surface area contributed by atoms with Gasteiger partial charge in [0.05, 0.1) is 6.04 Å². The number of H-pyrrole nitrogens is 1. The molecule has 106 valence electrons. The number of carbonyl (C=O) groups is 1. The number of nitrogens with one attached hydrogen (secondary N) is 3. The predicted octanol–water partition coefficient (Wildman–Crippen LogP) is 1.51. The van der Waals surface area contributed by atoms with E-state index in [4.69, 9.17) is 0 Å². The minimum Gasteiger partial charge on any atom is -0.369 e. The molecule has 2 heterocycles. The molecule has 0 aromatic carbocycles. The van der Waals surface area contributed by atoms with Crippen LogP contribution in [0.4, 0.5) is 5.82 Å². The van der Waals surface area contributed by atoms with Crippen molar-refractivity contribution in [1.29, 1.82) is 0 Å². The largest absolute Gasteiger partial charge is 0.369 e. The summed E-state index contributed by atoms with van der Waals surface area (Å²) in [4.78, 5) is 19.0. The number of aromatic nitrogens is 4. The van der Waals surface area contributed by atoms with Crippen molar-refractivity contribution in [1.82, 2.24) is 25.5 Å². The molecule has 2 aromatic heterocycles. The van der Waals surface area contributed by atoms with Crippen LogP contribution in [0.3, 0.4) is 0 Å². The molecule has 0 bridgehead atoms. The fourth-order valence-corrected chi connectivity index (χ4v) is 1.65. The molecule has 1 unspecified atom stereocenters. The fraction of sp³-hybridized carbons (Fsp3) is 0.385. The van der Waals surface area contributed by atoms with Crippen LogP contribution in [0.25, 0.3) is 0 Å². The normalized spacial score (nSPS) is 11.9. The van der Waals surface area contributed by atoms with E-state index in [0.717, 1.165) is 13.0 Å². The lowest BCUT2D eigenvalue weighted by atomic mass is 10.3. The number of rotatable bonds is 6. The van der Waals surface area contributed by atoms with E-state index in [2.05, 4.69) is 37.7 Å². The molecule has 2 rings (SSSR count). The Balaban J connectivity index is 1.95. The van der Waals surface area contributed by atoms with E-state index in [9.17, 15) is 4.79 Å². The van der Waals surface area contributed by atoms with Gasteiger partial charge in [-0.2, -0.15) is 0 Å². The summed E-state index contributed by atoms with van der Waals surface area (Å²) < 4.78 is 0. The highest BCUT2D eigenvalue weighted by Crippen LogP contribution is 2.07. The maximum atomic E-state index is 12.0. The summed E-state index contributed by atoms with van der Waals surface area (Å²) in [7, 11) is 0. The predicted molar refractivity (Wildman–Crippen MR) is 75.3 cm³/mol. The molecule has 3 N–H and O–H groups in total. The Morgan fingerprint density at radius 1 is 1.40 bits per heavy atom. The summed E-state index contributed by atoms with van der Waals surface area (Å²) in [5.74, 6) is 1.10. The van der Waals surface area contributed by atoms with Gasteiger partial charge in [-0.3, -0.25) is 4.79 Å². The number of aromatic amines is 1. The third kappa shape index (κ3) is 3.53. The van der Waals surface area contributed by atoms with Gasteiger partial charge in [-0.05, 0) is 25.5 Å². The van der Waals surface area contributed by atoms with E-state index < -0.39 is 0 Å². The maximum absolute atomic E-state index is 12.0. The topological polar surface area (TPSA) is 95.6 Å². The number of imidazole rings is 1. The van der Waals surface area contributed by atoms with Crippen LogP contribution in [-0.2, 0) is 0 Å². The van der Waals surface area contributed by atoms with Gasteiger partial charge < -0.3 is 15.6 Å². The molecule has 0 radical (unpaired) electrons. The second kappa shape index (κ2) is 6.65. The van der Waals surface area contributed by atoms with E-state index >= 15 is 0 Å². The van der Waals surface area contributed by atoms with Crippen LogP contribution < -0.4 is 10.6 Å². The van der Waals surface area contributed by atoms with E-state index in [1.54, 1.807) is 24.5 Å². The van der Waals surface area contributed by atoms with Crippen molar-refractivity contribution >= 4 is 11.7 Å². The van der Waals surface area contributed by atoms with Crippen molar-refractivity contribution in [2.45, 2.75) is 26.3 Å². The van der Waals surface area contributed by atoms with Crippen molar-refractivity contribution < 1.29 is 4.79 Å². The number of hydrogen-bond acceptors (Lipinski definition) is 5. The summed E-state index contributed by atoms with van der Waals surface area (Å²) in [5.41, 5.74) is 0.283. The molecule has 1 amide bonds. The van der Waals surface area contributed by atoms with Crippen LogP contribution in [-0.4, -0.2) is 32.6 Å². The van der Waals surface area contributed by atoms with E-state index in [1.807, 2.05) is 6.92 Å². The van der Waals surface area contributed by atoms with Crippen molar-refractivity contribution in [2.75, 3.05) is 11.9 Å². The minimum absolute atomic E-state index is 0.211. The Morgan fingerprint density at radius 3 is 2.85 bits per heavy atom. The first-order valence-corrected chi connectivity index (χ1v) is 6.58. The first-order chi connectivity index (χ1) is 9.70. The lowest BCUT2D eigenvalue weighted by molar-refractivity contribution is 0.0932. The monoisotopic (exact) mass is 274 g/mol. The van der Waals surface area contributed by atoms with Gasteiger partial charge in [-0.1, -0.05) is 6.92 Å². The summed E-state index contributed by atoms with van der Waals surface area (Å²) in [6.07, 6.45) is 4.36. The van der Waals surface area contributed by atoms with Crippen LogP contribution in [0.2, 0.25) is 0 Å². The van der Waals surface area contributed by atoms with Crippen LogP contribution >= 0.6 is 0 Å². The van der Waals surface area contributed by atoms with Crippen LogP contribution in [0, 0.1) is 0 Å². The molecule has 20 heavy (non-hydrogen) atoms. The first kappa shape index (κ1) is 14.0. The summed E-state index contributed by atoms with van der Waals surface area (Å²) in [6, 6.07) is 3.18. The molecule has 7 heteroatoms. The number of anilines is 1. The molecule has 0 aliphatic rings. The first-order valence-electron chi connectivity index (χ1n) is 6.58. The van der Waals surface area contributed by atoms with Gasteiger partial charge in [0, 0.05) is 18.9 Å². The maximum Gasteiger partial charge on any atom is 0.272 e. The van der Waals surface area contributed by atoms with Gasteiger partial charge in [-0.25, -0.2) is 4.98 Å². The second-order valence-corrected chi connectivity index (χ2v) is 4.40. The summed E-state index contributed by atoms with van der Waals surface area (Å²) >= 11 is 0. The standard InChI is InChI=1S/C13H18N6O/c1-3-6-14-11-5-4-10(18-19-11)13(20)17-9(2)12-15-7-8-16-12/h4-5,7-9H,3,6H2,1-2H3,(H,14,19)(H,15,16)(H,17,20). The highest BCUT2D eigenvalue weighted by atomic mass is 16.2. The highest BCUT2D eigenvalue weighted by Gasteiger charge is 2.14. The molecule has 0 spiro atoms. The number of carbonyl (C=O) groups excluding carboxylic acids is 1. The van der Waals surface area contributed by atoms with Crippen LogP contribution in [0.15, 0.2) is 24.5 Å². The molecule has 2 aromatic rings. The Labute approximate surface area is 117 Å². The third-order valence-corrected chi connectivity index (χ3v) is 2.73. The lowest BCUT2D eigenvalue weighted by Crippen LogP contribution is -2.28. The summed E-state index contributed by atoms with van der Waals surface area (Å²) in [6.45, 7) is 4.75. The fourth-order valence-electron chi connectivity index (χ4n) is 1.65. The smallest absolute Gasteiger partial charge is 0.272 e. The average molecular weight is 274 g/mol. The molecule has 0 fully saturated rings. The molecule has 0 aliphatic heterocycles. The lowest BCUT2D eigenvalue weighted by Gasteiger charge is -2.11. The molecule has 0 saturated heterocycles. The van der Waals surface area contributed by atoms with E-state index in [-0.39, 0.29) is 17.6 Å². The van der Waals surface area contributed by atoms with Crippen molar-refractivity contribution in [2.24, 2.45) is 0 Å². The molecule has 7 nitrogen and oxygen atoms in total. The Kier molecular flexibility index (Phi) is 4.65. The van der Waals surface area contributed by atoms with Crippen LogP contribution in [0.1, 0.15) is 42.6 Å². The second-order valence-electron chi connectivity index (χ2n) is 4.40. The zero-order valence-electron chi connectivity index (χ0n) is 11.6. The van der Waals surface area contributed by atoms with Crippen molar-refractivity contribution in [3.8, 4) is 0 Å². The molecular formula is C13H18N6O. The summed E-state index contributed by atoms with van der Waals surface area (Å²) in [5, 5.41) is 13.8. The number of nitrogens with zero attached hydrogens (tertiary/aromatic N) is 3. The van der Waals surface area contributed by atoms with Crippen LogP contribution in [0.5, 0.6) is 0 Å². The highest BCUT2D eigenvalue weighted by molar-refractivity contribution is 5.92. The van der Waals surface area contributed by atoms with Gasteiger partial charge in [0.1, 0.15) is 11.6 Å². The molecule has 0 aliphatic carbocycles. The van der Waals surface area contributed by atoms with E-state index in [1.165, 1.54) is 0 Å². The zero-order valence-corrected chi connectivity index (χ0v) is 11.6.